The van der Waals surface area contributed by atoms with Crippen molar-refractivity contribution < 1.29 is 0 Å². The zero-order chi connectivity index (χ0) is 22.0. The molecule has 1 aliphatic rings. The molecule has 3 aromatic rings. The van der Waals surface area contributed by atoms with Crippen molar-refractivity contribution in [3.8, 4) is 5.69 Å². The molecule has 7 heteroatoms. The maximum atomic E-state index is 14.0. The highest BCUT2D eigenvalue weighted by molar-refractivity contribution is 7.18. The van der Waals surface area contributed by atoms with Crippen LogP contribution in [-0.4, -0.2) is 41.1 Å². The molecule has 0 aliphatic carbocycles. The first kappa shape index (κ1) is 22.3. The van der Waals surface area contributed by atoms with Gasteiger partial charge in [0.1, 0.15) is 4.83 Å². The number of hydrogen-bond acceptors (Lipinski definition) is 5. The molecule has 0 N–H and O–H groups in total. The minimum Gasteiger partial charge on any atom is -0.342 e. The highest BCUT2D eigenvalue weighted by Gasteiger charge is 2.26. The molecule has 3 heterocycles. The number of halogens is 1. The molecule has 0 saturated heterocycles. The summed E-state index contributed by atoms with van der Waals surface area (Å²) in [5.41, 5.74) is 2.06. The summed E-state index contributed by atoms with van der Waals surface area (Å²) in [6.07, 6.45) is 5.26. The Morgan fingerprint density at radius 2 is 1.81 bits per heavy atom. The van der Waals surface area contributed by atoms with Crippen molar-refractivity contribution in [1.29, 1.82) is 0 Å². The molecule has 31 heavy (non-hydrogen) atoms. The maximum Gasteiger partial charge on any atom is 0.268 e. The first-order valence-electron chi connectivity index (χ1n) is 11.3. The van der Waals surface area contributed by atoms with E-state index in [4.69, 9.17) is 16.6 Å². The van der Waals surface area contributed by atoms with Crippen LogP contribution >= 0.6 is 22.9 Å². The highest BCUT2D eigenvalue weighted by Crippen LogP contribution is 2.34. The number of unbranched alkanes of at least 4 members (excludes halogenated alkanes) is 2. The van der Waals surface area contributed by atoms with E-state index >= 15 is 0 Å². The second kappa shape index (κ2) is 9.72. The van der Waals surface area contributed by atoms with E-state index in [0.717, 1.165) is 80.1 Å². The number of aromatic nitrogens is 2. The first-order valence-corrected chi connectivity index (χ1v) is 12.5. The van der Waals surface area contributed by atoms with Gasteiger partial charge < -0.3 is 9.80 Å². The fraction of sp³-hybridized carbons (Fsp3) is 0.500. The van der Waals surface area contributed by atoms with Gasteiger partial charge in [-0.3, -0.25) is 4.79 Å². The van der Waals surface area contributed by atoms with Crippen LogP contribution in [0, 0.1) is 0 Å². The van der Waals surface area contributed by atoms with Gasteiger partial charge in [-0.15, -0.1) is 11.3 Å². The summed E-state index contributed by atoms with van der Waals surface area (Å²) in [6, 6.07) is 7.53. The molecule has 0 amide bonds. The molecule has 0 unspecified atom stereocenters. The molecular weight excluding hydrogens is 428 g/mol. The third-order valence-electron chi connectivity index (χ3n) is 5.98. The van der Waals surface area contributed by atoms with Gasteiger partial charge in [-0.1, -0.05) is 38.3 Å². The lowest BCUT2D eigenvalue weighted by Gasteiger charge is -2.26. The Morgan fingerprint density at radius 3 is 2.45 bits per heavy atom. The van der Waals surface area contributed by atoms with E-state index < -0.39 is 0 Å². The van der Waals surface area contributed by atoms with Crippen molar-refractivity contribution in [2.75, 3.05) is 31.6 Å². The van der Waals surface area contributed by atoms with Gasteiger partial charge in [-0.25, -0.2) is 9.55 Å². The number of rotatable bonds is 8. The molecule has 0 fully saturated rings. The Hall–Kier alpha value is -1.89. The lowest BCUT2D eigenvalue weighted by atomic mass is 10.1. The van der Waals surface area contributed by atoms with Gasteiger partial charge in [0, 0.05) is 36.1 Å². The number of nitrogens with zero attached hydrogens (tertiary/aromatic N) is 4. The van der Waals surface area contributed by atoms with E-state index in [9.17, 15) is 4.79 Å². The largest absolute Gasteiger partial charge is 0.342 e. The van der Waals surface area contributed by atoms with Crippen molar-refractivity contribution in [2.45, 2.75) is 52.5 Å². The van der Waals surface area contributed by atoms with E-state index in [0.29, 0.717) is 5.02 Å². The van der Waals surface area contributed by atoms with E-state index in [1.165, 1.54) is 10.4 Å². The van der Waals surface area contributed by atoms with Gasteiger partial charge in [-0.05, 0) is 56.1 Å². The number of benzene rings is 1. The zero-order valence-corrected chi connectivity index (χ0v) is 20.2. The minimum absolute atomic E-state index is 0.0439. The molecular formula is C24H31ClN4OS. The Bertz CT molecular complexity index is 1100. The second-order valence-electron chi connectivity index (χ2n) is 8.39. The van der Waals surface area contributed by atoms with E-state index in [-0.39, 0.29) is 5.56 Å². The molecule has 1 aliphatic heterocycles. The van der Waals surface area contributed by atoms with Crippen molar-refractivity contribution in [3.05, 3.63) is 50.1 Å². The summed E-state index contributed by atoms with van der Waals surface area (Å²) in [7, 11) is 2.13. The molecule has 1 aromatic carbocycles. The van der Waals surface area contributed by atoms with Crippen LogP contribution in [0.1, 0.15) is 50.0 Å². The van der Waals surface area contributed by atoms with Crippen LogP contribution in [0.2, 0.25) is 5.02 Å². The lowest BCUT2D eigenvalue weighted by molar-refractivity contribution is 0.318. The average Bonchev–Trinajstić information content (AvgIpc) is 3.12. The van der Waals surface area contributed by atoms with Gasteiger partial charge in [0.05, 0.1) is 11.1 Å². The third kappa shape index (κ3) is 4.52. The zero-order valence-electron chi connectivity index (χ0n) is 18.7. The quantitative estimate of drug-likeness (QED) is 0.447. The summed E-state index contributed by atoms with van der Waals surface area (Å²) in [4.78, 5) is 25.9. The van der Waals surface area contributed by atoms with Gasteiger partial charge in [0.25, 0.3) is 5.56 Å². The SMILES string of the molecule is CCCCN(CCCC)c1nc2sc3c(c2c(=O)n1-c1ccc(Cl)cc1)CCN(C)C3. The second-order valence-corrected chi connectivity index (χ2v) is 9.91. The monoisotopic (exact) mass is 458 g/mol. The molecule has 4 rings (SSSR count). The predicted octanol–water partition coefficient (Wildman–Crippen LogP) is 5.50. The van der Waals surface area contributed by atoms with E-state index in [2.05, 4.69) is 30.7 Å². The van der Waals surface area contributed by atoms with Crippen LogP contribution in [0.3, 0.4) is 0 Å². The van der Waals surface area contributed by atoms with Crippen LogP contribution in [0.4, 0.5) is 5.95 Å². The molecule has 0 saturated carbocycles. The van der Waals surface area contributed by atoms with E-state index in [1.54, 1.807) is 11.3 Å². The lowest BCUT2D eigenvalue weighted by Crippen LogP contribution is -2.34. The Kier molecular flexibility index (Phi) is 6.99. The molecule has 0 bridgehead atoms. The van der Waals surface area contributed by atoms with Crippen LogP contribution in [-0.2, 0) is 13.0 Å². The summed E-state index contributed by atoms with van der Waals surface area (Å²) in [6.45, 7) is 8.06. The smallest absolute Gasteiger partial charge is 0.268 e. The Labute approximate surface area is 193 Å². The fourth-order valence-electron chi connectivity index (χ4n) is 4.20. The minimum atomic E-state index is 0.0439. The predicted molar refractivity (Wildman–Crippen MR) is 132 cm³/mol. The molecule has 5 nitrogen and oxygen atoms in total. The van der Waals surface area contributed by atoms with Crippen molar-refractivity contribution in [2.24, 2.45) is 0 Å². The van der Waals surface area contributed by atoms with Crippen LogP contribution < -0.4 is 10.5 Å². The van der Waals surface area contributed by atoms with E-state index in [1.807, 2.05) is 28.8 Å². The van der Waals surface area contributed by atoms with Crippen molar-refractivity contribution >= 4 is 39.1 Å². The summed E-state index contributed by atoms with van der Waals surface area (Å²) in [5, 5.41) is 1.47. The number of likely N-dealkylation sites (N-methyl/N-ethyl adjacent to an activating group) is 1. The first-order chi connectivity index (χ1) is 15.0. The van der Waals surface area contributed by atoms with Crippen molar-refractivity contribution in [1.82, 2.24) is 14.5 Å². The van der Waals surface area contributed by atoms with Gasteiger partial charge in [-0.2, -0.15) is 0 Å². The van der Waals surface area contributed by atoms with Gasteiger partial charge in [0.2, 0.25) is 5.95 Å². The number of fused-ring (bicyclic) bond motifs is 3. The number of anilines is 1. The number of thiophene rings is 1. The fourth-order valence-corrected chi connectivity index (χ4v) is 5.62. The molecule has 0 spiro atoms. The normalized spacial score (nSPS) is 14.2. The molecule has 2 aromatic heterocycles. The number of hydrogen-bond donors (Lipinski definition) is 0. The maximum absolute atomic E-state index is 14.0. The summed E-state index contributed by atoms with van der Waals surface area (Å²) < 4.78 is 1.81. The molecule has 166 valence electrons. The topological polar surface area (TPSA) is 41.4 Å². The van der Waals surface area contributed by atoms with Crippen LogP contribution in [0.15, 0.2) is 29.1 Å². The Balaban J connectivity index is 1.95. The molecule has 0 radical (unpaired) electrons. The van der Waals surface area contributed by atoms with Crippen LogP contribution in [0.5, 0.6) is 0 Å². The summed E-state index contributed by atoms with van der Waals surface area (Å²) in [5.74, 6) is 0.758. The Morgan fingerprint density at radius 1 is 1.13 bits per heavy atom. The highest BCUT2D eigenvalue weighted by atomic mass is 35.5. The van der Waals surface area contributed by atoms with Gasteiger partial charge >= 0.3 is 0 Å². The standard InChI is InChI=1S/C24H31ClN4OS/c1-4-6-13-28(14-7-5-2)24-26-22-21(19-12-15-27(3)16-20(19)31-22)23(30)29(24)18-10-8-17(25)9-11-18/h8-11H,4-7,12-16H2,1-3H3. The third-order valence-corrected chi connectivity index (χ3v) is 7.34. The molecule has 0 atom stereocenters. The average molecular weight is 459 g/mol. The van der Waals surface area contributed by atoms with Crippen LogP contribution in [0.25, 0.3) is 15.9 Å². The van der Waals surface area contributed by atoms with Gasteiger partial charge in [0.15, 0.2) is 0 Å². The summed E-state index contributed by atoms with van der Waals surface area (Å²) >= 11 is 7.84. The van der Waals surface area contributed by atoms with Crippen molar-refractivity contribution in [3.63, 3.8) is 0 Å².